The lowest BCUT2D eigenvalue weighted by molar-refractivity contribution is -0.177. The van der Waals surface area contributed by atoms with Crippen molar-refractivity contribution in [1.29, 1.82) is 0 Å². The van der Waals surface area contributed by atoms with Crippen LogP contribution in [0.1, 0.15) is 17.3 Å². The second kappa shape index (κ2) is 4.69. The molecule has 0 aromatic heterocycles. The summed E-state index contributed by atoms with van der Waals surface area (Å²) in [4.78, 5) is 24.7. The van der Waals surface area contributed by atoms with Crippen LogP contribution in [0.3, 0.4) is 0 Å². The van der Waals surface area contributed by atoms with Gasteiger partial charge in [0.1, 0.15) is 35.2 Å². The van der Waals surface area contributed by atoms with Crippen molar-refractivity contribution in [2.24, 2.45) is 11.8 Å². The number of Topliss-reactive ketones (excluding diaryl/α,β-unsaturated/α-hetero) is 1. The van der Waals surface area contributed by atoms with E-state index in [1.54, 1.807) is 6.92 Å². The predicted octanol–water partition coefficient (Wildman–Crippen LogP) is -0.133. The zero-order valence-electron chi connectivity index (χ0n) is 12.0. The van der Waals surface area contributed by atoms with Crippen LogP contribution in [0, 0.1) is 11.8 Å². The van der Waals surface area contributed by atoms with E-state index < -0.39 is 41.4 Å². The number of carbonyl (C=O) groups excluding carboxylic acids is 2. The average molecular weight is 308 g/mol. The summed E-state index contributed by atoms with van der Waals surface area (Å²) >= 11 is 0. The summed E-state index contributed by atoms with van der Waals surface area (Å²) in [5.74, 6) is -3.91. The van der Waals surface area contributed by atoms with E-state index in [1.807, 2.05) is 0 Å². The monoisotopic (exact) mass is 308 g/mol. The Balaban J connectivity index is 2.17. The molecule has 1 aliphatic carbocycles. The molecule has 2 aliphatic rings. The molecule has 3 rings (SSSR count). The molecule has 1 fully saturated rings. The third-order valence-corrected chi connectivity index (χ3v) is 4.58. The van der Waals surface area contributed by atoms with E-state index in [9.17, 15) is 24.9 Å². The summed E-state index contributed by atoms with van der Waals surface area (Å²) in [5, 5.41) is 30.8. The molecule has 22 heavy (non-hydrogen) atoms. The van der Waals surface area contributed by atoms with Gasteiger partial charge in [0.25, 0.3) is 0 Å². The van der Waals surface area contributed by atoms with Crippen molar-refractivity contribution in [3.05, 3.63) is 23.8 Å². The maximum absolute atomic E-state index is 12.7. The van der Waals surface area contributed by atoms with Crippen LogP contribution in [0.2, 0.25) is 0 Å². The van der Waals surface area contributed by atoms with Crippen molar-refractivity contribution in [1.82, 2.24) is 0 Å². The van der Waals surface area contributed by atoms with Crippen molar-refractivity contribution in [2.75, 3.05) is 7.11 Å². The number of ketones is 1. The van der Waals surface area contributed by atoms with Crippen LogP contribution in [0.15, 0.2) is 18.2 Å². The minimum absolute atomic E-state index is 0.104. The highest BCUT2D eigenvalue weighted by atomic mass is 16.5. The Morgan fingerprint density at radius 3 is 2.73 bits per heavy atom. The smallest absolute Gasteiger partial charge is 0.341 e. The molecule has 0 bridgehead atoms. The third kappa shape index (κ3) is 1.63. The lowest BCUT2D eigenvalue weighted by Gasteiger charge is -2.34. The SMILES string of the molecule is COC(=O)[C@]1(O)[C@@H](O)[C@H](C)[C@H]2Oc3cccc(O)c3C(=O)[C@@H]21. The van der Waals surface area contributed by atoms with Crippen LogP contribution >= 0.6 is 0 Å². The highest BCUT2D eigenvalue weighted by molar-refractivity contribution is 6.07. The van der Waals surface area contributed by atoms with Gasteiger partial charge in [0.15, 0.2) is 5.78 Å². The fraction of sp³-hybridized carbons (Fsp3) is 0.467. The van der Waals surface area contributed by atoms with Crippen molar-refractivity contribution in [2.45, 2.75) is 24.7 Å². The Labute approximate surface area is 126 Å². The maximum Gasteiger partial charge on any atom is 0.341 e. The molecule has 0 amide bonds. The minimum atomic E-state index is -2.41. The van der Waals surface area contributed by atoms with Gasteiger partial charge in [0, 0.05) is 5.92 Å². The average Bonchev–Trinajstić information content (AvgIpc) is 2.69. The first-order chi connectivity index (χ1) is 10.3. The quantitative estimate of drug-likeness (QED) is 0.619. The van der Waals surface area contributed by atoms with E-state index >= 15 is 0 Å². The summed E-state index contributed by atoms with van der Waals surface area (Å²) in [5.41, 5.74) is -2.51. The molecule has 0 saturated heterocycles. The van der Waals surface area contributed by atoms with E-state index in [1.165, 1.54) is 18.2 Å². The van der Waals surface area contributed by atoms with Gasteiger partial charge in [-0.2, -0.15) is 0 Å². The number of fused-ring (bicyclic) bond motifs is 2. The van der Waals surface area contributed by atoms with E-state index in [2.05, 4.69) is 4.74 Å². The van der Waals surface area contributed by atoms with Gasteiger partial charge in [-0.15, -0.1) is 0 Å². The molecule has 5 atom stereocenters. The first-order valence-corrected chi connectivity index (χ1v) is 6.85. The molecule has 7 heteroatoms. The standard InChI is InChI=1S/C15H16O7/c1-6-12-10(15(20,13(6)18)14(19)21-2)11(17)9-7(16)4-3-5-8(9)22-12/h3-6,10,12-13,16,18,20H,1-2H3/t6-,10+,12-,13+,15-/m1/s1. The van der Waals surface area contributed by atoms with Crippen LogP contribution in [0.25, 0.3) is 0 Å². The number of benzene rings is 1. The van der Waals surface area contributed by atoms with Crippen LogP contribution in [-0.2, 0) is 9.53 Å². The molecule has 118 valence electrons. The number of rotatable bonds is 1. The second-order valence-corrected chi connectivity index (χ2v) is 5.70. The summed E-state index contributed by atoms with van der Waals surface area (Å²) in [6.45, 7) is 1.57. The van der Waals surface area contributed by atoms with Gasteiger partial charge in [0.05, 0.1) is 7.11 Å². The van der Waals surface area contributed by atoms with Crippen LogP contribution in [0.4, 0.5) is 0 Å². The number of aliphatic hydroxyl groups excluding tert-OH is 1. The zero-order valence-corrected chi connectivity index (χ0v) is 12.0. The molecule has 1 aliphatic heterocycles. The fourth-order valence-electron chi connectivity index (χ4n) is 3.42. The van der Waals surface area contributed by atoms with Crippen LogP contribution in [0.5, 0.6) is 11.5 Å². The Morgan fingerprint density at radius 2 is 2.09 bits per heavy atom. The first kappa shape index (κ1) is 14.8. The third-order valence-electron chi connectivity index (χ3n) is 4.58. The second-order valence-electron chi connectivity index (χ2n) is 5.70. The van der Waals surface area contributed by atoms with Gasteiger partial charge in [0.2, 0.25) is 5.60 Å². The van der Waals surface area contributed by atoms with Gasteiger partial charge in [-0.25, -0.2) is 4.79 Å². The summed E-state index contributed by atoms with van der Waals surface area (Å²) in [7, 11) is 1.06. The topological polar surface area (TPSA) is 113 Å². The lowest BCUT2D eigenvalue weighted by atomic mass is 9.80. The number of hydrogen-bond acceptors (Lipinski definition) is 7. The maximum atomic E-state index is 12.7. The summed E-state index contributed by atoms with van der Waals surface area (Å²) in [6.07, 6.45) is -2.41. The van der Waals surface area contributed by atoms with Gasteiger partial charge in [-0.3, -0.25) is 4.79 Å². The molecule has 1 aromatic carbocycles. The molecular weight excluding hydrogens is 292 g/mol. The Hall–Kier alpha value is -2.12. The van der Waals surface area contributed by atoms with E-state index in [4.69, 9.17) is 4.74 Å². The van der Waals surface area contributed by atoms with Gasteiger partial charge >= 0.3 is 5.97 Å². The molecule has 1 saturated carbocycles. The number of methoxy groups -OCH3 is 1. The largest absolute Gasteiger partial charge is 0.507 e. The Kier molecular flexibility index (Phi) is 3.15. The number of aliphatic hydroxyl groups is 2. The van der Waals surface area contributed by atoms with Crippen LogP contribution in [-0.4, -0.2) is 52.0 Å². The summed E-state index contributed by atoms with van der Waals surface area (Å²) in [6, 6.07) is 4.34. The number of phenolic OH excluding ortho intramolecular Hbond substituents is 1. The van der Waals surface area contributed by atoms with Gasteiger partial charge in [-0.1, -0.05) is 13.0 Å². The Morgan fingerprint density at radius 1 is 1.41 bits per heavy atom. The van der Waals surface area contributed by atoms with E-state index in [-0.39, 0.29) is 17.1 Å². The molecule has 3 N–H and O–H groups in total. The number of ether oxygens (including phenoxy) is 2. The minimum Gasteiger partial charge on any atom is -0.507 e. The fourth-order valence-corrected chi connectivity index (χ4v) is 3.42. The van der Waals surface area contributed by atoms with Crippen molar-refractivity contribution in [3.63, 3.8) is 0 Å². The van der Waals surface area contributed by atoms with Crippen molar-refractivity contribution in [3.8, 4) is 11.5 Å². The van der Waals surface area contributed by atoms with E-state index in [0.29, 0.717) is 0 Å². The highest BCUT2D eigenvalue weighted by Gasteiger charge is 2.68. The Bertz CT molecular complexity index is 655. The first-order valence-electron chi connectivity index (χ1n) is 6.85. The summed E-state index contributed by atoms with van der Waals surface area (Å²) < 4.78 is 10.2. The molecule has 0 spiro atoms. The number of carbonyl (C=O) groups is 2. The number of hydrogen-bond donors (Lipinski definition) is 3. The van der Waals surface area contributed by atoms with Gasteiger partial charge < -0.3 is 24.8 Å². The normalized spacial score (nSPS) is 36.3. The lowest BCUT2D eigenvalue weighted by Crippen LogP contribution is -2.56. The van der Waals surface area contributed by atoms with Crippen molar-refractivity contribution >= 4 is 11.8 Å². The van der Waals surface area contributed by atoms with Crippen LogP contribution < -0.4 is 4.74 Å². The number of esters is 1. The predicted molar refractivity (Wildman–Crippen MR) is 72.5 cm³/mol. The molecule has 0 unspecified atom stereocenters. The molecular formula is C15H16O7. The van der Waals surface area contributed by atoms with E-state index in [0.717, 1.165) is 7.11 Å². The molecule has 0 radical (unpaired) electrons. The number of aromatic hydroxyl groups is 1. The van der Waals surface area contributed by atoms with Gasteiger partial charge in [-0.05, 0) is 12.1 Å². The highest BCUT2D eigenvalue weighted by Crippen LogP contribution is 2.49. The molecule has 1 heterocycles. The molecule has 7 nitrogen and oxygen atoms in total. The number of phenols is 1. The zero-order chi connectivity index (χ0) is 16.2. The molecule has 1 aromatic rings. The van der Waals surface area contributed by atoms with Crippen molar-refractivity contribution < 1.29 is 34.4 Å².